The quantitative estimate of drug-likeness (QED) is 0.338. The zero-order valence-corrected chi connectivity index (χ0v) is 15.4. The number of rotatable bonds is 6. The second-order valence-corrected chi connectivity index (χ2v) is 6.24. The molecule has 0 aromatic heterocycles. The van der Waals surface area contributed by atoms with Crippen LogP contribution in [0.3, 0.4) is 0 Å². The summed E-state index contributed by atoms with van der Waals surface area (Å²) in [6.45, 7) is 4.92. The molecule has 6 nitrogen and oxygen atoms in total. The molecule has 0 unspecified atom stereocenters. The van der Waals surface area contributed by atoms with Gasteiger partial charge in [-0.2, -0.15) is 0 Å². The molecular formula is C17H18ClN3O3S. The van der Waals surface area contributed by atoms with Gasteiger partial charge in [0.1, 0.15) is 12.4 Å². The predicted octanol–water partition coefficient (Wildman–Crippen LogP) is 4.23. The number of nitro groups is 1. The molecule has 0 radical (unpaired) electrons. The van der Waals surface area contributed by atoms with Gasteiger partial charge in [0.15, 0.2) is 5.11 Å². The maximum Gasteiger partial charge on any atom is 0.271 e. The van der Waals surface area contributed by atoms with Crippen molar-refractivity contribution in [3.63, 3.8) is 0 Å². The average Bonchev–Trinajstić information content (AvgIpc) is 2.55. The zero-order valence-electron chi connectivity index (χ0n) is 13.8. The average molecular weight is 380 g/mol. The Bertz CT molecular complexity index is 799. The summed E-state index contributed by atoms with van der Waals surface area (Å²) in [5.41, 5.74) is 2.57. The monoisotopic (exact) mass is 379 g/mol. The highest BCUT2D eigenvalue weighted by atomic mass is 35.5. The van der Waals surface area contributed by atoms with Crippen molar-refractivity contribution in [2.75, 3.05) is 18.5 Å². The van der Waals surface area contributed by atoms with Crippen LogP contribution in [0.1, 0.15) is 11.1 Å². The summed E-state index contributed by atoms with van der Waals surface area (Å²) in [5, 5.41) is 17.3. The lowest BCUT2D eigenvalue weighted by Gasteiger charge is -2.13. The molecule has 2 rings (SSSR count). The van der Waals surface area contributed by atoms with E-state index in [2.05, 4.69) is 16.7 Å². The molecule has 0 aliphatic carbocycles. The summed E-state index contributed by atoms with van der Waals surface area (Å²) in [4.78, 5) is 10.3. The van der Waals surface area contributed by atoms with E-state index in [4.69, 9.17) is 28.6 Å². The largest absolute Gasteiger partial charge is 0.491 e. The molecule has 0 amide bonds. The third kappa shape index (κ3) is 5.58. The summed E-state index contributed by atoms with van der Waals surface area (Å²) in [7, 11) is 0. The Balaban J connectivity index is 1.83. The Morgan fingerprint density at radius 2 is 2.04 bits per heavy atom. The molecule has 0 saturated carbocycles. The lowest BCUT2D eigenvalue weighted by Crippen LogP contribution is -2.32. The van der Waals surface area contributed by atoms with Crippen LogP contribution < -0.4 is 15.4 Å². The Kier molecular flexibility index (Phi) is 6.55. The van der Waals surface area contributed by atoms with Crippen molar-refractivity contribution in [3.8, 4) is 5.75 Å². The number of hydrogen-bond acceptors (Lipinski definition) is 4. The zero-order chi connectivity index (χ0) is 18.4. The number of non-ortho nitro benzene ring substituents is 1. The molecule has 0 atom stereocenters. The van der Waals surface area contributed by atoms with Crippen molar-refractivity contribution >= 4 is 40.3 Å². The van der Waals surface area contributed by atoms with Crippen molar-refractivity contribution < 1.29 is 9.66 Å². The van der Waals surface area contributed by atoms with Crippen LogP contribution in [-0.4, -0.2) is 23.2 Å². The van der Waals surface area contributed by atoms with Crippen LogP contribution in [0.2, 0.25) is 5.02 Å². The minimum Gasteiger partial charge on any atom is -0.491 e. The first-order valence-corrected chi connectivity index (χ1v) is 8.34. The lowest BCUT2D eigenvalue weighted by molar-refractivity contribution is -0.384. The Hall–Kier alpha value is -2.38. The van der Waals surface area contributed by atoms with Gasteiger partial charge in [-0.25, -0.2) is 0 Å². The number of ether oxygens (including phenoxy) is 1. The van der Waals surface area contributed by atoms with Gasteiger partial charge in [-0.15, -0.1) is 0 Å². The minimum absolute atomic E-state index is 0.0621. The van der Waals surface area contributed by atoms with Crippen LogP contribution >= 0.6 is 23.8 Å². The van der Waals surface area contributed by atoms with Gasteiger partial charge >= 0.3 is 0 Å². The van der Waals surface area contributed by atoms with Crippen molar-refractivity contribution in [1.82, 2.24) is 5.32 Å². The highest BCUT2D eigenvalue weighted by Crippen LogP contribution is 2.26. The molecule has 0 fully saturated rings. The van der Waals surface area contributed by atoms with Crippen LogP contribution in [0.15, 0.2) is 36.4 Å². The number of aryl methyl sites for hydroxylation is 2. The maximum atomic E-state index is 10.8. The van der Waals surface area contributed by atoms with Gasteiger partial charge < -0.3 is 15.4 Å². The first-order valence-electron chi connectivity index (χ1n) is 7.55. The molecular weight excluding hydrogens is 362 g/mol. The van der Waals surface area contributed by atoms with Crippen LogP contribution in [-0.2, 0) is 0 Å². The van der Waals surface area contributed by atoms with Crippen molar-refractivity contribution in [3.05, 3.63) is 62.7 Å². The molecule has 2 aromatic carbocycles. The Labute approximate surface area is 156 Å². The highest BCUT2D eigenvalue weighted by Gasteiger charge is 2.10. The van der Waals surface area contributed by atoms with Crippen LogP contribution in [0.5, 0.6) is 5.75 Å². The Morgan fingerprint density at radius 1 is 1.28 bits per heavy atom. The van der Waals surface area contributed by atoms with E-state index >= 15 is 0 Å². The molecule has 2 N–H and O–H groups in total. The van der Waals surface area contributed by atoms with Gasteiger partial charge in [-0.05, 0) is 43.8 Å². The molecule has 25 heavy (non-hydrogen) atoms. The molecule has 2 aromatic rings. The molecule has 0 saturated heterocycles. The van der Waals surface area contributed by atoms with Gasteiger partial charge in [0.25, 0.3) is 5.69 Å². The SMILES string of the molecule is Cc1ccc(OCCNC(=S)Nc2cc([N+](=O)[O-])ccc2Cl)c(C)c1. The summed E-state index contributed by atoms with van der Waals surface area (Å²) >= 11 is 11.2. The molecule has 0 bridgehead atoms. The van der Waals surface area contributed by atoms with Gasteiger partial charge in [0.2, 0.25) is 0 Å². The van der Waals surface area contributed by atoms with Crippen LogP contribution in [0, 0.1) is 24.0 Å². The van der Waals surface area contributed by atoms with E-state index in [9.17, 15) is 10.1 Å². The fraction of sp³-hybridized carbons (Fsp3) is 0.235. The van der Waals surface area contributed by atoms with E-state index in [1.54, 1.807) is 0 Å². The number of thiocarbonyl (C=S) groups is 1. The predicted molar refractivity (Wildman–Crippen MR) is 104 cm³/mol. The van der Waals surface area contributed by atoms with E-state index in [1.165, 1.54) is 23.8 Å². The third-order valence-corrected chi connectivity index (χ3v) is 3.96. The number of nitrogens with zero attached hydrogens (tertiary/aromatic N) is 1. The van der Waals surface area contributed by atoms with Gasteiger partial charge in [-0.1, -0.05) is 29.3 Å². The standard InChI is InChI=1S/C17H18ClN3O3S/c1-11-3-6-16(12(2)9-11)24-8-7-19-17(25)20-15-10-13(21(22)23)4-5-14(15)18/h3-6,9-10H,7-8H2,1-2H3,(H2,19,20,25). The number of halogens is 1. The number of benzene rings is 2. The summed E-state index contributed by atoms with van der Waals surface area (Å²) in [6, 6.07) is 10.1. The normalized spacial score (nSPS) is 10.2. The first kappa shape index (κ1) is 19.0. The Morgan fingerprint density at radius 3 is 2.72 bits per heavy atom. The van der Waals surface area contributed by atoms with E-state index in [-0.39, 0.29) is 5.69 Å². The molecule has 0 spiro atoms. The van der Waals surface area contributed by atoms with Crippen LogP contribution in [0.4, 0.5) is 11.4 Å². The molecule has 0 aliphatic rings. The topological polar surface area (TPSA) is 76.4 Å². The molecule has 0 heterocycles. The fourth-order valence-electron chi connectivity index (χ4n) is 2.18. The molecule has 132 valence electrons. The number of hydrogen-bond donors (Lipinski definition) is 2. The number of anilines is 1. The first-order chi connectivity index (χ1) is 11.9. The van der Waals surface area contributed by atoms with E-state index < -0.39 is 4.92 Å². The van der Waals surface area contributed by atoms with Gasteiger partial charge in [-0.3, -0.25) is 10.1 Å². The fourth-order valence-corrected chi connectivity index (χ4v) is 2.55. The summed E-state index contributed by atoms with van der Waals surface area (Å²) in [5.74, 6) is 0.827. The highest BCUT2D eigenvalue weighted by molar-refractivity contribution is 7.80. The van der Waals surface area contributed by atoms with Crippen molar-refractivity contribution in [2.45, 2.75) is 13.8 Å². The van der Waals surface area contributed by atoms with Crippen molar-refractivity contribution in [1.29, 1.82) is 0 Å². The lowest BCUT2D eigenvalue weighted by atomic mass is 10.1. The summed E-state index contributed by atoms with van der Waals surface area (Å²) in [6.07, 6.45) is 0. The number of nitrogens with one attached hydrogen (secondary N) is 2. The van der Waals surface area contributed by atoms with Crippen molar-refractivity contribution in [2.24, 2.45) is 0 Å². The maximum absolute atomic E-state index is 10.8. The van der Waals surface area contributed by atoms with E-state index in [0.29, 0.717) is 29.0 Å². The third-order valence-electron chi connectivity index (χ3n) is 3.38. The minimum atomic E-state index is -0.490. The van der Waals surface area contributed by atoms with Gasteiger partial charge in [0.05, 0.1) is 22.2 Å². The van der Waals surface area contributed by atoms with E-state index in [1.807, 2.05) is 26.0 Å². The number of nitro benzene ring substituents is 1. The molecule has 0 aliphatic heterocycles. The van der Waals surface area contributed by atoms with Gasteiger partial charge in [0, 0.05) is 12.1 Å². The smallest absolute Gasteiger partial charge is 0.271 e. The second-order valence-electron chi connectivity index (χ2n) is 5.42. The second kappa shape index (κ2) is 8.64. The summed E-state index contributed by atoms with van der Waals surface area (Å²) < 4.78 is 5.70. The van der Waals surface area contributed by atoms with E-state index in [0.717, 1.165) is 11.3 Å². The molecule has 8 heteroatoms. The van der Waals surface area contributed by atoms with Crippen LogP contribution in [0.25, 0.3) is 0 Å².